The molecule has 1 aliphatic heterocycles. The van der Waals surface area contributed by atoms with Gasteiger partial charge in [-0.25, -0.2) is 0 Å². The highest BCUT2D eigenvalue weighted by Gasteiger charge is 2.46. The summed E-state index contributed by atoms with van der Waals surface area (Å²) in [6.45, 7) is 0. The monoisotopic (exact) mass is 339 g/mol. The lowest BCUT2D eigenvalue weighted by atomic mass is 9.78. The molecular weight excluding hydrogens is 323 g/mol. The van der Waals surface area contributed by atoms with Gasteiger partial charge in [0.05, 0.1) is 17.2 Å². The van der Waals surface area contributed by atoms with Crippen LogP contribution in [-0.4, -0.2) is 17.6 Å². The first kappa shape index (κ1) is 16.7. The fraction of sp³-hybridized carbons (Fsp3) is 0.471. The number of rotatable bonds is 2. The second-order valence-corrected chi connectivity index (χ2v) is 6.24. The molecule has 2 fully saturated rings. The first-order valence-corrected chi connectivity index (χ1v) is 7.86. The molecule has 3 rings (SSSR count). The lowest BCUT2D eigenvalue weighted by Gasteiger charge is -2.24. The molecule has 2 atom stereocenters. The number of imide groups is 1. The largest absolute Gasteiger partial charge is 0.416 e. The molecule has 1 saturated heterocycles. The molecule has 0 radical (unpaired) electrons. The summed E-state index contributed by atoms with van der Waals surface area (Å²) in [5.74, 6) is -2.09. The van der Waals surface area contributed by atoms with Gasteiger partial charge in [-0.05, 0) is 37.1 Å². The van der Waals surface area contributed by atoms with Gasteiger partial charge in [-0.2, -0.15) is 13.2 Å². The van der Waals surface area contributed by atoms with Crippen LogP contribution in [-0.2, 0) is 20.6 Å². The number of nitrogens with zero attached hydrogens (tertiary/aromatic N) is 1. The molecule has 2 amide bonds. The van der Waals surface area contributed by atoms with E-state index in [0.29, 0.717) is 12.8 Å². The van der Waals surface area contributed by atoms with Crippen LogP contribution in [0.15, 0.2) is 24.3 Å². The van der Waals surface area contributed by atoms with Gasteiger partial charge in [0, 0.05) is 18.8 Å². The van der Waals surface area contributed by atoms with E-state index in [1.54, 1.807) is 0 Å². The third-order valence-corrected chi connectivity index (χ3v) is 4.72. The van der Waals surface area contributed by atoms with Crippen molar-refractivity contribution in [3.8, 4) is 0 Å². The number of hydrogen-bond acceptors (Lipinski definition) is 3. The normalized spacial score (nSPS) is 25.5. The molecule has 1 heterocycles. The van der Waals surface area contributed by atoms with Gasteiger partial charge in [-0.1, -0.05) is 6.42 Å². The summed E-state index contributed by atoms with van der Waals surface area (Å²) in [5.41, 5.74) is -0.729. The van der Waals surface area contributed by atoms with Gasteiger partial charge in [-0.15, -0.1) is 0 Å². The maximum absolute atomic E-state index is 12.6. The number of Topliss-reactive ketones (excluding diaryl/α,β-unsaturated/α-hetero) is 1. The molecular formula is C17H16F3NO3. The minimum Gasteiger partial charge on any atom is -0.299 e. The van der Waals surface area contributed by atoms with E-state index in [4.69, 9.17) is 0 Å². The zero-order valence-electron chi connectivity index (χ0n) is 12.8. The minimum absolute atomic E-state index is 0.00155. The van der Waals surface area contributed by atoms with Crippen molar-refractivity contribution in [2.45, 2.75) is 38.3 Å². The Morgan fingerprint density at radius 2 is 1.62 bits per heavy atom. The lowest BCUT2D eigenvalue weighted by Crippen LogP contribution is -2.35. The molecule has 1 saturated carbocycles. The van der Waals surface area contributed by atoms with Gasteiger partial charge in [0.2, 0.25) is 11.8 Å². The van der Waals surface area contributed by atoms with Crippen molar-refractivity contribution >= 4 is 23.3 Å². The summed E-state index contributed by atoms with van der Waals surface area (Å²) in [7, 11) is 0. The van der Waals surface area contributed by atoms with Crippen LogP contribution in [0.1, 0.15) is 37.7 Å². The SMILES string of the molecule is O=C1CCCCC1C1CC(=O)N(c2ccc(C(F)(F)F)cc2)C1=O. The Morgan fingerprint density at radius 1 is 0.958 bits per heavy atom. The van der Waals surface area contributed by atoms with Crippen LogP contribution in [0.25, 0.3) is 0 Å². The molecule has 0 bridgehead atoms. The molecule has 0 spiro atoms. The Hall–Kier alpha value is -2.18. The molecule has 2 aliphatic rings. The Morgan fingerprint density at radius 3 is 2.21 bits per heavy atom. The van der Waals surface area contributed by atoms with E-state index >= 15 is 0 Å². The Labute approximate surface area is 136 Å². The number of amides is 2. The van der Waals surface area contributed by atoms with Crippen LogP contribution in [0.5, 0.6) is 0 Å². The maximum atomic E-state index is 12.6. The predicted molar refractivity (Wildman–Crippen MR) is 79.0 cm³/mol. The van der Waals surface area contributed by atoms with E-state index in [0.717, 1.165) is 42.0 Å². The zero-order chi connectivity index (χ0) is 17.5. The predicted octanol–water partition coefficient (Wildman–Crippen LogP) is 3.34. The number of ketones is 1. The van der Waals surface area contributed by atoms with Crippen molar-refractivity contribution in [2.75, 3.05) is 4.90 Å². The molecule has 4 nitrogen and oxygen atoms in total. The third kappa shape index (κ3) is 2.95. The molecule has 7 heteroatoms. The number of carbonyl (C=O) groups is 3. The van der Waals surface area contributed by atoms with E-state index in [9.17, 15) is 27.6 Å². The van der Waals surface area contributed by atoms with Crippen molar-refractivity contribution in [3.63, 3.8) is 0 Å². The van der Waals surface area contributed by atoms with Crippen molar-refractivity contribution < 1.29 is 27.6 Å². The first-order chi connectivity index (χ1) is 11.3. The Bertz CT molecular complexity index is 681. The van der Waals surface area contributed by atoms with Gasteiger partial charge in [0.15, 0.2) is 0 Å². The molecule has 24 heavy (non-hydrogen) atoms. The van der Waals surface area contributed by atoms with Crippen LogP contribution in [0.3, 0.4) is 0 Å². The number of alkyl halides is 3. The first-order valence-electron chi connectivity index (χ1n) is 7.86. The summed E-state index contributed by atoms with van der Waals surface area (Å²) >= 11 is 0. The van der Waals surface area contributed by atoms with Gasteiger partial charge >= 0.3 is 6.18 Å². The fourth-order valence-electron chi connectivity index (χ4n) is 3.48. The van der Waals surface area contributed by atoms with Gasteiger partial charge in [-0.3, -0.25) is 19.3 Å². The van der Waals surface area contributed by atoms with E-state index in [1.807, 2.05) is 0 Å². The highest BCUT2D eigenvalue weighted by molar-refractivity contribution is 6.21. The van der Waals surface area contributed by atoms with Crippen LogP contribution >= 0.6 is 0 Å². The topological polar surface area (TPSA) is 54.5 Å². The average Bonchev–Trinajstić information content (AvgIpc) is 2.82. The Balaban J connectivity index is 1.83. The minimum atomic E-state index is -4.48. The van der Waals surface area contributed by atoms with E-state index < -0.39 is 35.4 Å². The van der Waals surface area contributed by atoms with Crippen LogP contribution in [0.2, 0.25) is 0 Å². The number of hydrogen-bond donors (Lipinski definition) is 0. The van der Waals surface area contributed by atoms with Crippen LogP contribution < -0.4 is 4.90 Å². The molecule has 0 aromatic heterocycles. The summed E-state index contributed by atoms with van der Waals surface area (Å²) in [6.07, 6.45) is -1.89. The van der Waals surface area contributed by atoms with Crippen molar-refractivity contribution in [2.24, 2.45) is 11.8 Å². The molecule has 1 aromatic rings. The zero-order valence-corrected chi connectivity index (χ0v) is 12.8. The molecule has 0 N–H and O–H groups in total. The summed E-state index contributed by atoms with van der Waals surface area (Å²) in [4.78, 5) is 37.7. The quantitative estimate of drug-likeness (QED) is 0.777. The molecule has 2 unspecified atom stereocenters. The highest BCUT2D eigenvalue weighted by atomic mass is 19.4. The number of benzene rings is 1. The number of anilines is 1. The molecule has 1 aliphatic carbocycles. The number of carbonyl (C=O) groups excluding carboxylic acids is 3. The lowest BCUT2D eigenvalue weighted by molar-refractivity contribution is -0.137. The van der Waals surface area contributed by atoms with E-state index in [1.165, 1.54) is 0 Å². The highest BCUT2D eigenvalue weighted by Crippen LogP contribution is 2.37. The summed E-state index contributed by atoms with van der Waals surface area (Å²) < 4.78 is 37.8. The van der Waals surface area contributed by atoms with Crippen molar-refractivity contribution in [3.05, 3.63) is 29.8 Å². The third-order valence-electron chi connectivity index (χ3n) is 4.72. The van der Waals surface area contributed by atoms with Gasteiger partial charge < -0.3 is 0 Å². The van der Waals surface area contributed by atoms with Crippen LogP contribution in [0, 0.1) is 11.8 Å². The summed E-state index contributed by atoms with van der Waals surface area (Å²) in [6, 6.07) is 3.91. The second kappa shape index (κ2) is 6.03. The number of halogens is 3. The standard InChI is InChI=1S/C17H16F3NO3/c18-17(19,20)10-5-7-11(8-6-10)21-15(23)9-13(16(21)24)12-3-1-2-4-14(12)22/h5-8,12-13H,1-4,9H2. The van der Waals surface area contributed by atoms with Crippen molar-refractivity contribution in [1.29, 1.82) is 0 Å². The van der Waals surface area contributed by atoms with Crippen molar-refractivity contribution in [1.82, 2.24) is 0 Å². The molecule has 1 aromatic carbocycles. The van der Waals surface area contributed by atoms with Crippen LogP contribution in [0.4, 0.5) is 18.9 Å². The second-order valence-electron chi connectivity index (χ2n) is 6.24. The Kier molecular flexibility index (Phi) is 4.19. The smallest absolute Gasteiger partial charge is 0.299 e. The average molecular weight is 339 g/mol. The van der Waals surface area contributed by atoms with E-state index in [-0.39, 0.29) is 17.9 Å². The molecule has 128 valence electrons. The maximum Gasteiger partial charge on any atom is 0.416 e. The summed E-state index contributed by atoms with van der Waals surface area (Å²) in [5, 5.41) is 0. The fourth-order valence-corrected chi connectivity index (χ4v) is 3.48. The van der Waals surface area contributed by atoms with Gasteiger partial charge in [0.1, 0.15) is 5.78 Å². The van der Waals surface area contributed by atoms with Gasteiger partial charge in [0.25, 0.3) is 0 Å². The van der Waals surface area contributed by atoms with E-state index in [2.05, 4.69) is 0 Å².